The summed E-state index contributed by atoms with van der Waals surface area (Å²) in [6.07, 6.45) is 6.20. The van der Waals surface area contributed by atoms with Crippen LogP contribution in [0, 0.1) is 5.82 Å². The first kappa shape index (κ1) is 14.1. The molecule has 0 radical (unpaired) electrons. The van der Waals surface area contributed by atoms with Crippen molar-refractivity contribution in [2.24, 2.45) is 0 Å². The minimum absolute atomic E-state index is 0.283. The summed E-state index contributed by atoms with van der Waals surface area (Å²) in [5, 5.41) is 3.91. The van der Waals surface area contributed by atoms with E-state index >= 15 is 0 Å². The van der Waals surface area contributed by atoms with Gasteiger partial charge in [0.25, 0.3) is 5.89 Å². The molecule has 0 amide bonds. The molecular formula is C17H10FN5O. The molecule has 7 heteroatoms. The van der Waals surface area contributed by atoms with Gasteiger partial charge in [0.05, 0.1) is 17.5 Å². The summed E-state index contributed by atoms with van der Waals surface area (Å²) in [7, 11) is 0. The molecule has 116 valence electrons. The highest BCUT2D eigenvalue weighted by Crippen LogP contribution is 2.29. The Morgan fingerprint density at radius 3 is 2.62 bits per heavy atom. The first-order valence-corrected chi connectivity index (χ1v) is 7.13. The van der Waals surface area contributed by atoms with E-state index in [1.807, 2.05) is 18.2 Å². The van der Waals surface area contributed by atoms with E-state index in [1.165, 1.54) is 12.1 Å². The second-order valence-corrected chi connectivity index (χ2v) is 4.93. The predicted octanol–water partition coefficient (Wildman–Crippen LogP) is 3.39. The number of rotatable bonds is 3. The molecule has 0 aliphatic heterocycles. The Morgan fingerprint density at radius 2 is 1.83 bits per heavy atom. The number of hydrogen-bond acceptors (Lipinski definition) is 6. The molecule has 24 heavy (non-hydrogen) atoms. The third kappa shape index (κ3) is 2.63. The van der Waals surface area contributed by atoms with Gasteiger partial charge in [0.2, 0.25) is 5.82 Å². The van der Waals surface area contributed by atoms with E-state index in [0.29, 0.717) is 22.8 Å². The summed E-state index contributed by atoms with van der Waals surface area (Å²) in [5.41, 5.74) is 2.64. The minimum atomic E-state index is -0.423. The first-order valence-electron chi connectivity index (χ1n) is 7.13. The lowest BCUT2D eigenvalue weighted by molar-refractivity contribution is 0.432. The number of hydrogen-bond donors (Lipinski definition) is 0. The lowest BCUT2D eigenvalue weighted by Crippen LogP contribution is -1.90. The molecule has 4 aromatic heterocycles. The average Bonchev–Trinajstić information content (AvgIpc) is 3.13. The van der Waals surface area contributed by atoms with Crippen LogP contribution in [0.2, 0.25) is 0 Å². The number of halogens is 1. The zero-order valence-corrected chi connectivity index (χ0v) is 12.3. The van der Waals surface area contributed by atoms with Crippen LogP contribution in [0.3, 0.4) is 0 Å². The molecule has 0 fully saturated rings. The van der Waals surface area contributed by atoms with E-state index < -0.39 is 5.82 Å². The van der Waals surface area contributed by atoms with Gasteiger partial charge in [-0.2, -0.15) is 4.98 Å². The largest absolute Gasteiger partial charge is 0.333 e. The standard InChI is InChI=1S/C17H10FN5O/c18-12-5-6-14(21-10-12)16-22-17(24-23-16)13-4-2-8-20-15(13)11-3-1-7-19-9-11/h1-10H. The summed E-state index contributed by atoms with van der Waals surface area (Å²) in [6.45, 7) is 0. The van der Waals surface area contributed by atoms with Crippen LogP contribution in [0.15, 0.2) is 65.7 Å². The van der Waals surface area contributed by atoms with E-state index in [4.69, 9.17) is 4.52 Å². The molecule has 0 atom stereocenters. The maximum atomic E-state index is 13.0. The Bertz CT molecular complexity index is 970. The number of aromatic nitrogens is 5. The van der Waals surface area contributed by atoms with Crippen molar-refractivity contribution < 1.29 is 8.91 Å². The highest BCUT2D eigenvalue weighted by Gasteiger charge is 2.16. The maximum Gasteiger partial charge on any atom is 0.260 e. The van der Waals surface area contributed by atoms with E-state index in [0.717, 1.165) is 11.8 Å². The highest BCUT2D eigenvalue weighted by atomic mass is 19.1. The van der Waals surface area contributed by atoms with Crippen molar-refractivity contribution in [3.63, 3.8) is 0 Å². The molecule has 4 aromatic rings. The van der Waals surface area contributed by atoms with Gasteiger partial charge in [0.1, 0.15) is 11.5 Å². The van der Waals surface area contributed by atoms with Gasteiger partial charge in [-0.25, -0.2) is 9.37 Å². The molecule has 0 saturated carbocycles. The normalized spacial score (nSPS) is 10.7. The highest BCUT2D eigenvalue weighted by molar-refractivity contribution is 5.76. The molecule has 0 bridgehead atoms. The van der Waals surface area contributed by atoms with Crippen LogP contribution in [-0.2, 0) is 0 Å². The third-order valence-electron chi connectivity index (χ3n) is 3.36. The van der Waals surface area contributed by atoms with E-state index in [9.17, 15) is 4.39 Å². The Kier molecular flexibility index (Phi) is 3.51. The monoisotopic (exact) mass is 319 g/mol. The summed E-state index contributed by atoms with van der Waals surface area (Å²) >= 11 is 0. The van der Waals surface area contributed by atoms with Crippen LogP contribution in [0.4, 0.5) is 4.39 Å². The van der Waals surface area contributed by atoms with Crippen molar-refractivity contribution in [3.8, 4) is 34.2 Å². The lowest BCUT2D eigenvalue weighted by atomic mass is 10.1. The molecule has 0 saturated heterocycles. The van der Waals surface area contributed by atoms with Crippen molar-refractivity contribution in [1.82, 2.24) is 25.1 Å². The third-order valence-corrected chi connectivity index (χ3v) is 3.36. The molecule has 0 N–H and O–H groups in total. The van der Waals surface area contributed by atoms with Gasteiger partial charge in [-0.15, -0.1) is 0 Å². The van der Waals surface area contributed by atoms with Gasteiger partial charge in [0.15, 0.2) is 0 Å². The quantitative estimate of drug-likeness (QED) is 0.576. The lowest BCUT2D eigenvalue weighted by Gasteiger charge is -2.03. The van der Waals surface area contributed by atoms with Crippen LogP contribution in [-0.4, -0.2) is 25.1 Å². The zero-order chi connectivity index (χ0) is 16.4. The first-order chi connectivity index (χ1) is 11.8. The Balaban J connectivity index is 1.77. The number of pyridine rings is 3. The Labute approximate surface area is 136 Å². The fraction of sp³-hybridized carbons (Fsp3) is 0. The minimum Gasteiger partial charge on any atom is -0.333 e. The predicted molar refractivity (Wildman–Crippen MR) is 83.9 cm³/mol. The second-order valence-electron chi connectivity index (χ2n) is 4.93. The van der Waals surface area contributed by atoms with Crippen molar-refractivity contribution in [1.29, 1.82) is 0 Å². The second kappa shape index (κ2) is 5.96. The van der Waals surface area contributed by atoms with Gasteiger partial charge in [0, 0.05) is 24.2 Å². The molecule has 4 rings (SSSR count). The molecule has 6 nitrogen and oxygen atoms in total. The molecule has 0 aliphatic rings. The Hall–Kier alpha value is -3.48. The van der Waals surface area contributed by atoms with Gasteiger partial charge >= 0.3 is 0 Å². The van der Waals surface area contributed by atoms with Crippen LogP contribution < -0.4 is 0 Å². The average molecular weight is 319 g/mol. The van der Waals surface area contributed by atoms with Crippen molar-refractivity contribution in [3.05, 3.63) is 67.0 Å². The molecule has 0 aliphatic carbocycles. The smallest absolute Gasteiger partial charge is 0.260 e. The SMILES string of the molecule is Fc1ccc(-c2noc(-c3cccnc3-c3cccnc3)n2)nc1. The summed E-state index contributed by atoms with van der Waals surface area (Å²) in [4.78, 5) is 16.8. The molecule has 0 spiro atoms. The van der Waals surface area contributed by atoms with E-state index in [-0.39, 0.29) is 5.82 Å². The Morgan fingerprint density at radius 1 is 0.917 bits per heavy atom. The maximum absolute atomic E-state index is 13.0. The van der Waals surface area contributed by atoms with Crippen LogP contribution >= 0.6 is 0 Å². The van der Waals surface area contributed by atoms with Gasteiger partial charge < -0.3 is 4.52 Å². The zero-order valence-electron chi connectivity index (χ0n) is 12.3. The topological polar surface area (TPSA) is 77.6 Å². The summed E-state index contributed by atoms with van der Waals surface area (Å²) in [5.74, 6) is 0.169. The van der Waals surface area contributed by atoms with Gasteiger partial charge in [-0.05, 0) is 36.4 Å². The van der Waals surface area contributed by atoms with Crippen LogP contribution in [0.5, 0.6) is 0 Å². The molecule has 4 heterocycles. The van der Waals surface area contributed by atoms with Crippen molar-refractivity contribution in [2.45, 2.75) is 0 Å². The fourth-order valence-corrected chi connectivity index (χ4v) is 2.26. The fourth-order valence-electron chi connectivity index (χ4n) is 2.26. The van der Waals surface area contributed by atoms with Gasteiger partial charge in [-0.3, -0.25) is 9.97 Å². The summed E-state index contributed by atoms with van der Waals surface area (Å²) in [6, 6.07) is 10.1. The van der Waals surface area contributed by atoms with Crippen molar-refractivity contribution >= 4 is 0 Å². The van der Waals surface area contributed by atoms with Crippen LogP contribution in [0.25, 0.3) is 34.2 Å². The van der Waals surface area contributed by atoms with E-state index in [1.54, 1.807) is 24.7 Å². The molecule has 0 aromatic carbocycles. The molecular weight excluding hydrogens is 309 g/mol. The molecule has 0 unspecified atom stereocenters. The number of nitrogens with zero attached hydrogens (tertiary/aromatic N) is 5. The summed E-state index contributed by atoms with van der Waals surface area (Å²) < 4.78 is 18.3. The van der Waals surface area contributed by atoms with Crippen molar-refractivity contribution in [2.75, 3.05) is 0 Å². The van der Waals surface area contributed by atoms with E-state index in [2.05, 4.69) is 25.1 Å². The van der Waals surface area contributed by atoms with Crippen LogP contribution in [0.1, 0.15) is 0 Å². The van der Waals surface area contributed by atoms with Gasteiger partial charge in [-0.1, -0.05) is 5.16 Å².